The Balaban J connectivity index is 1.29. The maximum atomic E-state index is 9.65. The molecule has 2 aromatic heterocycles. The number of nitrogens with one attached hydrogen (secondary N) is 2. The fourth-order valence-corrected chi connectivity index (χ4v) is 5.50. The number of aromatic nitrogens is 2. The zero-order valence-corrected chi connectivity index (χ0v) is 23.6. The number of likely N-dealkylation sites (N-methyl/N-ethyl adjacent to an activating group) is 2. The highest BCUT2D eigenvalue weighted by molar-refractivity contribution is 5.93. The first-order valence-corrected chi connectivity index (χ1v) is 13.6. The third kappa shape index (κ3) is 5.71. The molecular weight excluding hydrogens is 502 g/mol. The van der Waals surface area contributed by atoms with E-state index < -0.39 is 0 Å². The van der Waals surface area contributed by atoms with Gasteiger partial charge in [0.1, 0.15) is 11.9 Å². The average molecular weight is 540 g/mol. The smallest absolute Gasteiger partial charge is 0.212 e. The van der Waals surface area contributed by atoms with Crippen molar-refractivity contribution in [2.45, 2.75) is 25.0 Å². The Morgan fingerprint density at radius 2 is 1.95 bits per heavy atom. The van der Waals surface area contributed by atoms with Crippen LogP contribution < -0.4 is 15.0 Å². The van der Waals surface area contributed by atoms with Crippen LogP contribution in [0.2, 0.25) is 0 Å². The highest BCUT2D eigenvalue weighted by atomic mass is 16.5. The molecule has 2 unspecified atom stereocenters. The van der Waals surface area contributed by atoms with Crippen molar-refractivity contribution in [2.24, 2.45) is 0 Å². The third-order valence-corrected chi connectivity index (χ3v) is 7.88. The Morgan fingerprint density at radius 3 is 2.55 bits per heavy atom. The molecule has 2 aromatic rings. The Morgan fingerprint density at radius 1 is 1.15 bits per heavy atom. The second-order valence-corrected chi connectivity index (χ2v) is 10.8. The van der Waals surface area contributed by atoms with Gasteiger partial charge in [0.2, 0.25) is 5.88 Å². The Bertz CT molecular complexity index is 1340. The van der Waals surface area contributed by atoms with Crippen molar-refractivity contribution in [2.75, 3.05) is 59.3 Å². The molecule has 2 bridgehead atoms. The number of nitriles is 1. The predicted molar refractivity (Wildman–Crippen MR) is 157 cm³/mol. The first-order chi connectivity index (χ1) is 19.4. The molecule has 3 fully saturated rings. The number of nitrogens with zero attached hydrogens (tertiary/aromatic N) is 7. The fraction of sp³-hybridized carbons (Fsp3) is 0.400. The van der Waals surface area contributed by atoms with Crippen LogP contribution in [0.1, 0.15) is 17.5 Å². The van der Waals surface area contributed by atoms with Crippen LogP contribution in [0, 0.1) is 16.7 Å². The first-order valence-electron chi connectivity index (χ1n) is 13.6. The summed E-state index contributed by atoms with van der Waals surface area (Å²) in [7, 11) is 7.80. The first kappa shape index (κ1) is 27.4. The van der Waals surface area contributed by atoms with Gasteiger partial charge in [0.25, 0.3) is 0 Å². The SMILES string of the molecule is COc1ccc(CN2C3CC2CN(c2ccc(C4=CC(N(C)CCN(C)C)=CN/C4=C(/C#N)C=N)cn2)C3)cn1. The normalized spacial score (nSPS) is 21.4. The van der Waals surface area contributed by atoms with Gasteiger partial charge in [0, 0.05) is 93.9 Å². The molecule has 0 amide bonds. The van der Waals surface area contributed by atoms with Crippen molar-refractivity contribution in [3.05, 3.63) is 77.0 Å². The van der Waals surface area contributed by atoms with Gasteiger partial charge in [-0.25, -0.2) is 9.97 Å². The summed E-state index contributed by atoms with van der Waals surface area (Å²) in [4.78, 5) is 18.5. The van der Waals surface area contributed by atoms with Gasteiger partial charge < -0.3 is 30.2 Å². The summed E-state index contributed by atoms with van der Waals surface area (Å²) >= 11 is 0. The number of hydrogen-bond donors (Lipinski definition) is 2. The minimum atomic E-state index is 0.282. The van der Waals surface area contributed by atoms with Crippen molar-refractivity contribution < 1.29 is 4.74 Å². The quantitative estimate of drug-likeness (QED) is 0.348. The Hall–Kier alpha value is -4.20. The number of rotatable bonds is 10. The van der Waals surface area contributed by atoms with Gasteiger partial charge in [-0.15, -0.1) is 0 Å². The molecule has 0 saturated carbocycles. The van der Waals surface area contributed by atoms with Crippen molar-refractivity contribution >= 4 is 17.6 Å². The van der Waals surface area contributed by atoms with Crippen LogP contribution in [0.3, 0.4) is 0 Å². The molecule has 0 spiro atoms. The third-order valence-electron chi connectivity index (χ3n) is 7.88. The fourth-order valence-electron chi connectivity index (χ4n) is 5.50. The lowest BCUT2D eigenvalue weighted by Gasteiger charge is -2.56. The lowest BCUT2D eigenvalue weighted by molar-refractivity contribution is -0.00877. The molecule has 2 N–H and O–H groups in total. The van der Waals surface area contributed by atoms with Crippen LogP contribution >= 0.6 is 0 Å². The molecule has 6 rings (SSSR count). The average Bonchev–Trinajstić information content (AvgIpc) is 2.99. The van der Waals surface area contributed by atoms with Gasteiger partial charge in [0.05, 0.1) is 24.1 Å². The topological polar surface area (TPSA) is 108 Å². The van der Waals surface area contributed by atoms with Gasteiger partial charge in [0.15, 0.2) is 0 Å². The van der Waals surface area contributed by atoms with E-state index in [2.05, 4.69) is 81.4 Å². The van der Waals surface area contributed by atoms with E-state index in [1.54, 1.807) is 7.11 Å². The number of methoxy groups -OCH3 is 1. The molecule has 0 aliphatic carbocycles. The number of fused-ring (bicyclic) bond motifs is 2. The zero-order valence-electron chi connectivity index (χ0n) is 23.6. The molecule has 4 aliphatic rings. The maximum absolute atomic E-state index is 9.65. The second-order valence-electron chi connectivity index (χ2n) is 10.8. The summed E-state index contributed by atoms with van der Waals surface area (Å²) < 4.78 is 5.18. The summed E-state index contributed by atoms with van der Waals surface area (Å²) in [5, 5.41) is 20.7. The molecule has 4 aliphatic heterocycles. The molecule has 40 heavy (non-hydrogen) atoms. The van der Waals surface area contributed by atoms with Gasteiger partial charge in [-0.3, -0.25) is 4.90 Å². The van der Waals surface area contributed by atoms with E-state index in [9.17, 15) is 5.26 Å². The van der Waals surface area contributed by atoms with Crippen molar-refractivity contribution in [3.63, 3.8) is 0 Å². The molecular formula is C30H37N9O. The van der Waals surface area contributed by atoms with Crippen LogP contribution in [-0.4, -0.2) is 97.4 Å². The van der Waals surface area contributed by atoms with Crippen molar-refractivity contribution in [3.8, 4) is 11.9 Å². The number of anilines is 1. The largest absolute Gasteiger partial charge is 0.481 e. The van der Waals surface area contributed by atoms with Gasteiger partial charge in [-0.1, -0.05) is 6.07 Å². The van der Waals surface area contributed by atoms with E-state index in [0.717, 1.165) is 61.6 Å². The monoisotopic (exact) mass is 539 g/mol. The standard InChI is InChI=1S/C30H37N9O/c1-36(2)9-10-37(3)24-12-27(30(35-17-24)23(13-31)14-32)22-6-7-28(33-16-22)38-19-25-11-26(20-38)39(25)18-21-5-8-29(40-4)34-15-21/h5-8,12-13,15-17,25-26,31,35H,9-11,18-20H2,1-4H3/b30-23+,31-13?. The number of piperazine rings is 1. The van der Waals surface area contributed by atoms with Crippen LogP contribution in [0.25, 0.3) is 5.57 Å². The molecule has 6 heterocycles. The Kier molecular flexibility index (Phi) is 8.14. The summed E-state index contributed by atoms with van der Waals surface area (Å²) in [5.74, 6) is 1.60. The predicted octanol–water partition coefficient (Wildman–Crippen LogP) is 2.70. The molecule has 208 valence electrons. The summed E-state index contributed by atoms with van der Waals surface area (Å²) in [6.07, 6.45) is 10.1. The summed E-state index contributed by atoms with van der Waals surface area (Å²) in [6.45, 7) is 4.57. The van der Waals surface area contributed by atoms with Crippen LogP contribution in [0.5, 0.6) is 5.88 Å². The Labute approximate surface area is 236 Å². The van der Waals surface area contributed by atoms with Crippen molar-refractivity contribution in [1.82, 2.24) is 30.0 Å². The molecule has 0 aromatic carbocycles. The van der Waals surface area contributed by atoms with Crippen LogP contribution in [-0.2, 0) is 6.54 Å². The number of dihydropyridines is 1. The minimum Gasteiger partial charge on any atom is -0.481 e. The molecule has 3 saturated heterocycles. The number of piperidine rings is 1. The summed E-state index contributed by atoms with van der Waals surface area (Å²) in [5.41, 5.74) is 4.88. The summed E-state index contributed by atoms with van der Waals surface area (Å²) in [6, 6.07) is 11.3. The molecule has 2 atom stereocenters. The van der Waals surface area contributed by atoms with Crippen LogP contribution in [0.15, 0.2) is 65.9 Å². The van der Waals surface area contributed by atoms with E-state index in [-0.39, 0.29) is 5.57 Å². The highest BCUT2D eigenvalue weighted by Gasteiger charge is 2.44. The second kappa shape index (κ2) is 11.9. The lowest BCUT2D eigenvalue weighted by Crippen LogP contribution is -2.68. The lowest BCUT2D eigenvalue weighted by atomic mass is 9.87. The number of ether oxygens (including phenoxy) is 1. The van der Waals surface area contributed by atoms with Gasteiger partial charge in [-0.05, 0) is 44.3 Å². The highest BCUT2D eigenvalue weighted by Crippen LogP contribution is 2.36. The molecule has 0 radical (unpaired) electrons. The van der Waals surface area contributed by atoms with E-state index in [1.807, 2.05) is 24.7 Å². The molecule has 10 heteroatoms. The van der Waals surface area contributed by atoms with E-state index in [0.29, 0.717) is 23.7 Å². The number of allylic oxidation sites excluding steroid dienone is 3. The van der Waals surface area contributed by atoms with Gasteiger partial charge >= 0.3 is 0 Å². The van der Waals surface area contributed by atoms with Crippen LogP contribution in [0.4, 0.5) is 5.82 Å². The van der Waals surface area contributed by atoms with Crippen molar-refractivity contribution in [1.29, 1.82) is 10.7 Å². The number of hydrogen-bond acceptors (Lipinski definition) is 10. The zero-order chi connectivity index (χ0) is 28.2. The van der Waals surface area contributed by atoms with Gasteiger partial charge in [-0.2, -0.15) is 5.26 Å². The molecule has 10 nitrogen and oxygen atoms in total. The van der Waals surface area contributed by atoms with E-state index in [1.165, 1.54) is 12.0 Å². The van der Waals surface area contributed by atoms with E-state index >= 15 is 0 Å². The number of pyridine rings is 2. The van der Waals surface area contributed by atoms with E-state index in [4.69, 9.17) is 15.1 Å². The minimum absolute atomic E-state index is 0.282. The maximum Gasteiger partial charge on any atom is 0.212 e.